The molecule has 144 valence electrons. The molecule has 0 aliphatic heterocycles. The fourth-order valence-corrected chi connectivity index (χ4v) is 4.00. The summed E-state index contributed by atoms with van der Waals surface area (Å²) in [4.78, 5) is 4.69. The summed E-state index contributed by atoms with van der Waals surface area (Å²) < 4.78 is 2.28. The first-order valence-electron chi connectivity index (χ1n) is 10.2. The van der Waals surface area contributed by atoms with Crippen molar-refractivity contribution < 1.29 is 0 Å². The van der Waals surface area contributed by atoms with Gasteiger partial charge < -0.3 is 0 Å². The van der Waals surface area contributed by atoms with Crippen LogP contribution in [0.15, 0.2) is 109 Å². The van der Waals surface area contributed by atoms with E-state index >= 15 is 0 Å². The molecule has 2 heterocycles. The molecule has 0 aliphatic carbocycles. The van der Waals surface area contributed by atoms with Crippen LogP contribution in [0.3, 0.4) is 0 Å². The van der Waals surface area contributed by atoms with Gasteiger partial charge in [0.15, 0.2) is 0 Å². The molecule has 0 unspecified atom stereocenters. The molecule has 2 heteroatoms. The van der Waals surface area contributed by atoms with Gasteiger partial charge in [0.05, 0.1) is 11.2 Å². The molecule has 0 spiro atoms. The standard InChI is InChI=1S/C28H22N2/c1-21-11-10-16-24-20-26(30(28(21)24)27-17-8-9-18-29-27)25(23-14-6-3-7-15-23)19-22-12-4-2-5-13-22/h2-20H,1H3/b25-19+. The van der Waals surface area contributed by atoms with E-state index in [2.05, 4.69) is 102 Å². The van der Waals surface area contributed by atoms with Crippen LogP contribution < -0.4 is 0 Å². The summed E-state index contributed by atoms with van der Waals surface area (Å²) in [6, 6.07) is 35.9. The maximum Gasteiger partial charge on any atom is 0.137 e. The fraction of sp³-hybridized carbons (Fsp3) is 0.0357. The van der Waals surface area contributed by atoms with Gasteiger partial charge in [0.25, 0.3) is 0 Å². The molecule has 5 aromatic rings. The van der Waals surface area contributed by atoms with Gasteiger partial charge in [-0.15, -0.1) is 0 Å². The maximum absolute atomic E-state index is 4.69. The van der Waals surface area contributed by atoms with Crippen molar-refractivity contribution in [3.63, 3.8) is 0 Å². The molecule has 0 saturated heterocycles. The zero-order chi connectivity index (χ0) is 20.3. The highest BCUT2D eigenvalue weighted by molar-refractivity contribution is 5.97. The van der Waals surface area contributed by atoms with Gasteiger partial charge in [-0.25, -0.2) is 4.98 Å². The molecule has 2 aromatic heterocycles. The molecular weight excluding hydrogens is 364 g/mol. The summed E-state index contributed by atoms with van der Waals surface area (Å²) in [5.41, 5.74) is 7.08. The van der Waals surface area contributed by atoms with Crippen LogP contribution in [-0.4, -0.2) is 9.55 Å². The number of nitrogens with zero attached hydrogens (tertiary/aromatic N) is 2. The van der Waals surface area contributed by atoms with E-state index in [9.17, 15) is 0 Å². The maximum atomic E-state index is 4.69. The molecule has 30 heavy (non-hydrogen) atoms. The molecule has 2 nitrogen and oxygen atoms in total. The topological polar surface area (TPSA) is 17.8 Å². The SMILES string of the molecule is Cc1cccc2cc(/C(=C/c3ccccc3)c3ccccc3)n(-c3ccccn3)c12. The predicted molar refractivity (Wildman–Crippen MR) is 126 cm³/mol. The molecule has 0 atom stereocenters. The zero-order valence-corrected chi connectivity index (χ0v) is 16.9. The third-order valence-corrected chi connectivity index (χ3v) is 5.38. The zero-order valence-electron chi connectivity index (χ0n) is 16.9. The summed E-state index contributed by atoms with van der Waals surface area (Å²) in [5, 5.41) is 1.21. The quantitative estimate of drug-likeness (QED) is 0.306. The van der Waals surface area contributed by atoms with Crippen molar-refractivity contribution in [3.8, 4) is 5.82 Å². The van der Waals surface area contributed by atoms with E-state index in [-0.39, 0.29) is 0 Å². The molecular formula is C28H22N2. The lowest BCUT2D eigenvalue weighted by atomic mass is 9.99. The predicted octanol–water partition coefficient (Wildman–Crippen LogP) is 6.92. The van der Waals surface area contributed by atoms with Crippen molar-refractivity contribution in [3.05, 3.63) is 132 Å². The lowest BCUT2D eigenvalue weighted by Gasteiger charge is -2.15. The average Bonchev–Trinajstić information content (AvgIpc) is 3.20. The van der Waals surface area contributed by atoms with E-state index < -0.39 is 0 Å². The van der Waals surface area contributed by atoms with Crippen molar-refractivity contribution in [2.24, 2.45) is 0 Å². The van der Waals surface area contributed by atoms with Crippen molar-refractivity contribution in [2.75, 3.05) is 0 Å². The monoisotopic (exact) mass is 386 g/mol. The van der Waals surface area contributed by atoms with Crippen LogP contribution in [0.4, 0.5) is 0 Å². The Morgan fingerprint density at radius 3 is 2.23 bits per heavy atom. The second-order valence-electron chi connectivity index (χ2n) is 7.40. The minimum atomic E-state index is 0.923. The van der Waals surface area contributed by atoms with Gasteiger partial charge in [0.1, 0.15) is 5.82 Å². The van der Waals surface area contributed by atoms with E-state index in [1.54, 1.807) is 0 Å². The number of pyridine rings is 1. The molecule has 0 saturated carbocycles. The summed E-state index contributed by atoms with van der Waals surface area (Å²) in [6.07, 6.45) is 4.12. The highest BCUT2D eigenvalue weighted by Gasteiger charge is 2.17. The van der Waals surface area contributed by atoms with Crippen LogP contribution in [-0.2, 0) is 0 Å². The van der Waals surface area contributed by atoms with Gasteiger partial charge in [-0.2, -0.15) is 0 Å². The number of hydrogen-bond acceptors (Lipinski definition) is 1. The van der Waals surface area contributed by atoms with Crippen LogP contribution in [0, 0.1) is 6.92 Å². The van der Waals surface area contributed by atoms with Crippen LogP contribution in [0.1, 0.15) is 22.4 Å². The highest BCUT2D eigenvalue weighted by Crippen LogP contribution is 2.34. The van der Waals surface area contributed by atoms with Crippen molar-refractivity contribution >= 4 is 22.6 Å². The van der Waals surface area contributed by atoms with Crippen molar-refractivity contribution in [2.45, 2.75) is 6.92 Å². The molecule has 0 aliphatic rings. The number of aryl methyl sites for hydroxylation is 1. The van der Waals surface area contributed by atoms with E-state index in [0.29, 0.717) is 0 Å². The van der Waals surface area contributed by atoms with Gasteiger partial charge >= 0.3 is 0 Å². The van der Waals surface area contributed by atoms with Crippen LogP contribution >= 0.6 is 0 Å². The van der Waals surface area contributed by atoms with E-state index in [4.69, 9.17) is 4.98 Å². The average molecular weight is 386 g/mol. The normalized spacial score (nSPS) is 11.7. The molecule has 5 rings (SSSR count). The number of fused-ring (bicyclic) bond motifs is 1. The first-order valence-corrected chi connectivity index (χ1v) is 10.2. The summed E-state index contributed by atoms with van der Waals surface area (Å²) in [7, 11) is 0. The lowest BCUT2D eigenvalue weighted by molar-refractivity contribution is 1.02. The summed E-state index contributed by atoms with van der Waals surface area (Å²) >= 11 is 0. The van der Waals surface area contributed by atoms with Gasteiger partial charge in [-0.05, 0) is 47.9 Å². The number of aromatic nitrogens is 2. The minimum absolute atomic E-state index is 0.923. The van der Waals surface area contributed by atoms with Gasteiger partial charge in [-0.1, -0.05) is 84.9 Å². The lowest BCUT2D eigenvalue weighted by Crippen LogP contribution is -2.03. The molecule has 0 amide bonds. The first kappa shape index (κ1) is 18.1. The Labute approximate surface area is 176 Å². The number of hydrogen-bond donors (Lipinski definition) is 0. The van der Waals surface area contributed by atoms with Crippen LogP contribution in [0.2, 0.25) is 0 Å². The van der Waals surface area contributed by atoms with Crippen molar-refractivity contribution in [1.82, 2.24) is 9.55 Å². The Morgan fingerprint density at radius 2 is 1.50 bits per heavy atom. The smallest absolute Gasteiger partial charge is 0.137 e. The van der Waals surface area contributed by atoms with Gasteiger partial charge in [0.2, 0.25) is 0 Å². The van der Waals surface area contributed by atoms with E-state index in [1.807, 2.05) is 24.4 Å². The second-order valence-corrected chi connectivity index (χ2v) is 7.40. The Hall–Kier alpha value is -3.91. The number of para-hydroxylation sites is 1. The van der Waals surface area contributed by atoms with Crippen LogP contribution in [0.5, 0.6) is 0 Å². The first-order chi connectivity index (χ1) is 14.8. The van der Waals surface area contributed by atoms with Gasteiger partial charge in [-0.3, -0.25) is 4.57 Å². The Morgan fingerprint density at radius 1 is 0.767 bits per heavy atom. The second kappa shape index (κ2) is 7.84. The largest absolute Gasteiger partial charge is 0.294 e. The molecule has 0 bridgehead atoms. The highest BCUT2D eigenvalue weighted by atomic mass is 15.1. The Kier molecular flexibility index (Phi) is 4.74. The summed E-state index contributed by atoms with van der Waals surface area (Å²) in [6.45, 7) is 2.16. The van der Waals surface area contributed by atoms with E-state index in [1.165, 1.54) is 33.2 Å². The molecule has 3 aromatic carbocycles. The Balaban J connectivity index is 1.85. The van der Waals surface area contributed by atoms with E-state index in [0.717, 1.165) is 11.5 Å². The minimum Gasteiger partial charge on any atom is -0.294 e. The third kappa shape index (κ3) is 3.33. The number of rotatable bonds is 4. The Bertz CT molecular complexity index is 1310. The van der Waals surface area contributed by atoms with Crippen LogP contribution in [0.25, 0.3) is 28.4 Å². The summed E-state index contributed by atoms with van der Waals surface area (Å²) in [5.74, 6) is 0.923. The molecule has 0 N–H and O–H groups in total. The third-order valence-electron chi connectivity index (χ3n) is 5.38. The molecule has 0 fully saturated rings. The molecule has 0 radical (unpaired) electrons. The number of benzene rings is 3. The van der Waals surface area contributed by atoms with Crippen molar-refractivity contribution in [1.29, 1.82) is 0 Å². The van der Waals surface area contributed by atoms with Gasteiger partial charge in [0, 0.05) is 17.2 Å². The fourth-order valence-electron chi connectivity index (χ4n) is 4.00.